The maximum absolute atomic E-state index is 13.4. The van der Waals surface area contributed by atoms with Crippen molar-refractivity contribution in [3.8, 4) is 11.3 Å². The normalized spacial score (nSPS) is 26.8. The molecule has 0 aliphatic heterocycles. The van der Waals surface area contributed by atoms with E-state index in [9.17, 15) is 4.79 Å². The van der Waals surface area contributed by atoms with Gasteiger partial charge in [0.2, 0.25) is 0 Å². The topological polar surface area (TPSA) is 34.0 Å². The minimum Gasteiger partial charge on any atom is -0.351 e. The van der Waals surface area contributed by atoms with Gasteiger partial charge in [-0.15, -0.1) is 0 Å². The van der Waals surface area contributed by atoms with Crippen molar-refractivity contribution in [2.24, 2.45) is 23.2 Å². The van der Waals surface area contributed by atoms with Crippen LogP contribution >= 0.6 is 11.6 Å². The molecule has 1 heterocycles. The van der Waals surface area contributed by atoms with Crippen molar-refractivity contribution in [1.29, 1.82) is 0 Å². The number of amides is 1. The van der Waals surface area contributed by atoms with Gasteiger partial charge in [0, 0.05) is 30.0 Å². The molecule has 1 aromatic heterocycles. The number of rotatable bonds is 6. The number of aryl methyl sites for hydroxylation is 2. The number of hydrogen-bond donors (Lipinski definition) is 1. The average molecular weight is 487 g/mol. The van der Waals surface area contributed by atoms with Gasteiger partial charge in [-0.3, -0.25) is 4.79 Å². The zero-order valence-electron chi connectivity index (χ0n) is 20.8. The number of carbonyl (C=O) groups excluding carboxylic acids is 1. The SMILES string of the molecule is Cc1ccc(Cn2cc(C(=O)NCC34CC5CC(CC(C5)C3)C4)cc2-c2ccc(Cl)c(C)c2)cc1. The molecule has 2 aromatic carbocycles. The number of halogens is 1. The van der Waals surface area contributed by atoms with E-state index in [4.69, 9.17) is 11.6 Å². The smallest absolute Gasteiger partial charge is 0.252 e. The summed E-state index contributed by atoms with van der Waals surface area (Å²) in [6.07, 6.45) is 10.2. The molecule has 4 aliphatic carbocycles. The Bertz CT molecular complexity index is 1220. The van der Waals surface area contributed by atoms with Crippen molar-refractivity contribution in [3.05, 3.63) is 82.0 Å². The first-order valence-corrected chi connectivity index (χ1v) is 13.5. The highest BCUT2D eigenvalue weighted by Gasteiger charge is 2.50. The summed E-state index contributed by atoms with van der Waals surface area (Å²) in [5.74, 6) is 2.74. The molecular formula is C31H35ClN2O. The highest BCUT2D eigenvalue weighted by molar-refractivity contribution is 6.31. The summed E-state index contributed by atoms with van der Waals surface area (Å²) in [6, 6.07) is 16.8. The Balaban J connectivity index is 1.25. The van der Waals surface area contributed by atoms with Gasteiger partial charge < -0.3 is 9.88 Å². The minimum atomic E-state index is 0.0512. The van der Waals surface area contributed by atoms with Crippen molar-refractivity contribution in [1.82, 2.24) is 9.88 Å². The van der Waals surface area contributed by atoms with Crippen molar-refractivity contribution < 1.29 is 4.79 Å². The fraction of sp³-hybridized carbons (Fsp3) is 0.452. The Kier molecular flexibility index (Phi) is 5.79. The second-order valence-corrected chi connectivity index (χ2v) is 12.2. The van der Waals surface area contributed by atoms with E-state index in [1.165, 1.54) is 49.7 Å². The zero-order chi connectivity index (χ0) is 24.2. The molecular weight excluding hydrogens is 452 g/mol. The van der Waals surface area contributed by atoms with Gasteiger partial charge in [-0.05, 0) is 110 Å². The molecule has 1 amide bonds. The molecule has 4 aliphatic rings. The maximum Gasteiger partial charge on any atom is 0.252 e. The van der Waals surface area contributed by atoms with Crippen LogP contribution in [0, 0.1) is 37.0 Å². The van der Waals surface area contributed by atoms with Crippen LogP contribution < -0.4 is 5.32 Å². The number of hydrogen-bond acceptors (Lipinski definition) is 1. The van der Waals surface area contributed by atoms with Crippen molar-refractivity contribution in [3.63, 3.8) is 0 Å². The van der Waals surface area contributed by atoms with Crippen molar-refractivity contribution in [2.75, 3.05) is 6.54 Å². The molecule has 0 spiro atoms. The lowest BCUT2D eigenvalue weighted by atomic mass is 9.49. The lowest BCUT2D eigenvalue weighted by Gasteiger charge is -2.56. The summed E-state index contributed by atoms with van der Waals surface area (Å²) in [5.41, 5.74) is 6.72. The quantitative estimate of drug-likeness (QED) is 0.386. The van der Waals surface area contributed by atoms with Gasteiger partial charge in [0.1, 0.15) is 0 Å². The second-order valence-electron chi connectivity index (χ2n) is 11.8. The molecule has 4 heteroatoms. The van der Waals surface area contributed by atoms with E-state index in [-0.39, 0.29) is 5.91 Å². The Morgan fingerprint density at radius 3 is 2.26 bits per heavy atom. The molecule has 4 fully saturated rings. The van der Waals surface area contributed by atoms with Crippen molar-refractivity contribution >= 4 is 17.5 Å². The number of nitrogens with zero attached hydrogens (tertiary/aromatic N) is 1. The standard InChI is InChI=1S/C31H35ClN2O/c1-20-3-5-22(6-4-20)17-34-18-27(13-29(34)26-7-8-28(32)21(2)9-26)30(35)33-19-31-14-23-10-24(15-31)12-25(11-23)16-31/h3-9,13,18,23-25H,10-12,14-17,19H2,1-2H3,(H,33,35). The molecule has 7 rings (SSSR count). The fourth-order valence-corrected chi connectivity index (χ4v) is 7.70. The molecule has 0 atom stereocenters. The van der Waals surface area contributed by atoms with Crippen LogP contribution in [0.15, 0.2) is 54.7 Å². The van der Waals surface area contributed by atoms with E-state index in [0.29, 0.717) is 5.41 Å². The molecule has 4 bridgehead atoms. The van der Waals surface area contributed by atoms with Gasteiger partial charge in [-0.2, -0.15) is 0 Å². The zero-order valence-corrected chi connectivity index (χ0v) is 21.6. The highest BCUT2D eigenvalue weighted by atomic mass is 35.5. The fourth-order valence-electron chi connectivity index (χ4n) is 7.58. The van der Waals surface area contributed by atoms with E-state index in [1.54, 1.807) is 0 Å². The summed E-state index contributed by atoms with van der Waals surface area (Å²) in [5, 5.41) is 4.13. The molecule has 4 saturated carbocycles. The molecule has 1 N–H and O–H groups in total. The summed E-state index contributed by atoms with van der Waals surface area (Å²) in [4.78, 5) is 13.4. The molecule has 3 aromatic rings. The van der Waals surface area contributed by atoms with E-state index < -0.39 is 0 Å². The lowest BCUT2D eigenvalue weighted by molar-refractivity contribution is -0.0503. The first-order valence-electron chi connectivity index (χ1n) is 13.2. The summed E-state index contributed by atoms with van der Waals surface area (Å²) in [6.45, 7) is 5.68. The van der Waals surface area contributed by atoms with Gasteiger partial charge in [0.15, 0.2) is 0 Å². The molecule has 0 saturated heterocycles. The van der Waals surface area contributed by atoms with Crippen LogP contribution in [-0.2, 0) is 6.54 Å². The van der Waals surface area contributed by atoms with Gasteiger partial charge >= 0.3 is 0 Å². The average Bonchev–Trinajstić information content (AvgIpc) is 3.24. The molecule has 35 heavy (non-hydrogen) atoms. The van der Waals surface area contributed by atoms with Gasteiger partial charge in [0.05, 0.1) is 5.56 Å². The first kappa shape index (κ1) is 22.9. The van der Waals surface area contributed by atoms with Crippen LogP contribution in [0.3, 0.4) is 0 Å². The Labute approximate surface area is 213 Å². The van der Waals surface area contributed by atoms with Gasteiger partial charge in [0.25, 0.3) is 5.91 Å². The maximum atomic E-state index is 13.4. The Morgan fingerprint density at radius 2 is 1.63 bits per heavy atom. The third-order valence-electron chi connectivity index (χ3n) is 8.88. The lowest BCUT2D eigenvalue weighted by Crippen LogP contribution is -2.51. The predicted molar refractivity (Wildman–Crippen MR) is 143 cm³/mol. The largest absolute Gasteiger partial charge is 0.351 e. The van der Waals surface area contributed by atoms with E-state index in [0.717, 1.165) is 58.3 Å². The van der Waals surface area contributed by atoms with Crippen LogP contribution in [0.1, 0.15) is 65.6 Å². The van der Waals surface area contributed by atoms with Crippen LogP contribution in [-0.4, -0.2) is 17.0 Å². The third kappa shape index (κ3) is 4.56. The molecule has 3 nitrogen and oxygen atoms in total. The minimum absolute atomic E-state index is 0.0512. The van der Waals surface area contributed by atoms with Crippen LogP contribution in [0.25, 0.3) is 11.3 Å². The highest BCUT2D eigenvalue weighted by Crippen LogP contribution is 2.59. The van der Waals surface area contributed by atoms with Crippen LogP contribution in [0.4, 0.5) is 0 Å². The summed E-state index contributed by atoms with van der Waals surface area (Å²) in [7, 11) is 0. The summed E-state index contributed by atoms with van der Waals surface area (Å²) >= 11 is 6.31. The van der Waals surface area contributed by atoms with Gasteiger partial charge in [-0.1, -0.05) is 47.5 Å². The van der Waals surface area contributed by atoms with E-state index in [1.807, 2.05) is 31.3 Å². The van der Waals surface area contributed by atoms with Crippen molar-refractivity contribution in [2.45, 2.75) is 58.9 Å². The Morgan fingerprint density at radius 1 is 0.971 bits per heavy atom. The number of nitrogens with one attached hydrogen (secondary N) is 1. The number of carbonyl (C=O) groups is 1. The second kappa shape index (κ2) is 8.85. The first-order chi connectivity index (χ1) is 16.9. The van der Waals surface area contributed by atoms with E-state index in [2.05, 4.69) is 47.1 Å². The Hall–Kier alpha value is -2.52. The third-order valence-corrected chi connectivity index (χ3v) is 9.30. The number of aromatic nitrogens is 1. The number of benzene rings is 2. The molecule has 0 unspecified atom stereocenters. The van der Waals surface area contributed by atoms with Gasteiger partial charge in [-0.25, -0.2) is 0 Å². The molecule has 182 valence electrons. The molecule has 0 radical (unpaired) electrons. The summed E-state index contributed by atoms with van der Waals surface area (Å²) < 4.78 is 2.20. The van der Waals surface area contributed by atoms with Crippen LogP contribution in [0.2, 0.25) is 5.02 Å². The monoisotopic (exact) mass is 486 g/mol. The van der Waals surface area contributed by atoms with Crippen LogP contribution in [0.5, 0.6) is 0 Å². The predicted octanol–water partition coefficient (Wildman–Crippen LogP) is 7.42. The van der Waals surface area contributed by atoms with E-state index >= 15 is 0 Å².